The Morgan fingerprint density at radius 2 is 0.763 bits per heavy atom. The molecule has 4 rings (SSSR count). The Balaban J connectivity index is 2.05. The van der Waals surface area contributed by atoms with Crippen molar-refractivity contribution in [2.75, 3.05) is 0 Å². The molecule has 0 aliphatic heterocycles. The molecular formula is C36H46O2. The molecule has 2 nitrogen and oxygen atoms in total. The van der Waals surface area contributed by atoms with Gasteiger partial charge in [-0.15, -0.1) is 0 Å². The third-order valence-corrected chi connectivity index (χ3v) is 6.72. The first kappa shape index (κ1) is 28.0. The second kappa shape index (κ2) is 9.33. The summed E-state index contributed by atoms with van der Waals surface area (Å²) in [5.41, 5.74) is 4.67. The van der Waals surface area contributed by atoms with Crippen LogP contribution in [0.15, 0.2) is 60.7 Å². The molecule has 0 bridgehead atoms. The Labute approximate surface area is 230 Å². The summed E-state index contributed by atoms with van der Waals surface area (Å²) in [6, 6.07) is 22.5. The molecule has 38 heavy (non-hydrogen) atoms. The molecule has 0 atom stereocenters. The van der Waals surface area contributed by atoms with Crippen molar-refractivity contribution in [2.45, 2.75) is 105 Å². The number of hydrogen-bond acceptors (Lipinski definition) is 2. The first-order valence-electron chi connectivity index (χ1n) is 13.9. The van der Waals surface area contributed by atoms with E-state index in [1.807, 2.05) is 0 Å². The number of hydrogen-bond donors (Lipinski definition) is 0. The van der Waals surface area contributed by atoms with Crippen molar-refractivity contribution in [3.8, 4) is 22.6 Å². The molecule has 0 amide bonds. The standard InChI is InChI=1S/C36H46O2/c1-33(2,3)25-17-23-19-27(37-35(7,8)9)13-15-29(23)31(21-25)32-22-26(34(4,5)6)18-24-20-28(14-16-30(24)32)38-36(10,11)12/h13-22H,1-12H3. The van der Waals surface area contributed by atoms with Crippen LogP contribution in [0, 0.1) is 0 Å². The molecule has 4 aromatic carbocycles. The summed E-state index contributed by atoms with van der Waals surface area (Å²) < 4.78 is 12.5. The molecule has 4 aromatic rings. The average Bonchev–Trinajstić information content (AvgIpc) is 2.73. The van der Waals surface area contributed by atoms with Crippen LogP contribution in [0.3, 0.4) is 0 Å². The third kappa shape index (κ3) is 6.34. The second-order valence-electron chi connectivity index (χ2n) is 14.7. The molecule has 0 aliphatic carbocycles. The molecular weight excluding hydrogens is 464 g/mol. The molecule has 0 aromatic heterocycles. The van der Waals surface area contributed by atoms with Gasteiger partial charge in [-0.3, -0.25) is 0 Å². The van der Waals surface area contributed by atoms with Crippen LogP contribution < -0.4 is 9.47 Å². The van der Waals surface area contributed by atoms with Gasteiger partial charge in [-0.1, -0.05) is 65.8 Å². The van der Waals surface area contributed by atoms with Crippen LogP contribution in [0.1, 0.15) is 94.2 Å². The minimum Gasteiger partial charge on any atom is -0.488 e. The zero-order valence-electron chi connectivity index (χ0n) is 25.6. The maximum Gasteiger partial charge on any atom is 0.120 e. The Morgan fingerprint density at radius 3 is 1.05 bits per heavy atom. The van der Waals surface area contributed by atoms with Crippen molar-refractivity contribution in [2.24, 2.45) is 0 Å². The Morgan fingerprint density at radius 1 is 0.421 bits per heavy atom. The Hall–Kier alpha value is -3.00. The van der Waals surface area contributed by atoms with Gasteiger partial charge in [0.05, 0.1) is 0 Å². The summed E-state index contributed by atoms with van der Waals surface area (Å²) in [5, 5.41) is 4.88. The number of rotatable bonds is 3. The smallest absolute Gasteiger partial charge is 0.120 e. The van der Waals surface area contributed by atoms with Crippen LogP contribution in [-0.4, -0.2) is 11.2 Å². The van der Waals surface area contributed by atoms with Gasteiger partial charge in [-0.05, 0) is 133 Å². The van der Waals surface area contributed by atoms with E-state index < -0.39 is 0 Å². The summed E-state index contributed by atoms with van der Waals surface area (Å²) in [6.07, 6.45) is 0. The highest BCUT2D eigenvalue weighted by Crippen LogP contribution is 2.42. The highest BCUT2D eigenvalue weighted by atomic mass is 16.5. The molecule has 0 spiro atoms. The average molecular weight is 511 g/mol. The zero-order chi connectivity index (χ0) is 28.3. The van der Waals surface area contributed by atoms with E-state index in [0.717, 1.165) is 11.5 Å². The minimum absolute atomic E-state index is 0.00892. The van der Waals surface area contributed by atoms with Crippen molar-refractivity contribution in [1.29, 1.82) is 0 Å². The second-order valence-corrected chi connectivity index (χ2v) is 14.7. The molecule has 0 saturated heterocycles. The highest BCUT2D eigenvalue weighted by Gasteiger charge is 2.22. The molecule has 0 heterocycles. The van der Waals surface area contributed by atoms with Gasteiger partial charge in [0, 0.05) is 0 Å². The largest absolute Gasteiger partial charge is 0.488 e. The van der Waals surface area contributed by atoms with E-state index in [1.54, 1.807) is 0 Å². The van der Waals surface area contributed by atoms with Crippen molar-refractivity contribution in [1.82, 2.24) is 0 Å². The number of benzene rings is 4. The summed E-state index contributed by atoms with van der Waals surface area (Å²) in [6.45, 7) is 26.3. The van der Waals surface area contributed by atoms with E-state index in [0.29, 0.717) is 0 Å². The summed E-state index contributed by atoms with van der Waals surface area (Å²) in [5.74, 6) is 1.80. The predicted octanol–water partition coefficient (Wildman–Crippen LogP) is 10.6. The normalized spacial score (nSPS) is 13.3. The molecule has 2 heteroatoms. The van der Waals surface area contributed by atoms with Crippen LogP contribution in [0.25, 0.3) is 32.7 Å². The van der Waals surface area contributed by atoms with Crippen LogP contribution in [0.2, 0.25) is 0 Å². The summed E-state index contributed by atoms with van der Waals surface area (Å²) in [7, 11) is 0. The van der Waals surface area contributed by atoms with Gasteiger partial charge in [0.2, 0.25) is 0 Å². The number of fused-ring (bicyclic) bond motifs is 2. The van der Waals surface area contributed by atoms with Crippen molar-refractivity contribution < 1.29 is 9.47 Å². The van der Waals surface area contributed by atoms with Crippen LogP contribution in [0.5, 0.6) is 11.5 Å². The monoisotopic (exact) mass is 510 g/mol. The van der Waals surface area contributed by atoms with E-state index in [4.69, 9.17) is 9.47 Å². The van der Waals surface area contributed by atoms with Crippen LogP contribution >= 0.6 is 0 Å². The topological polar surface area (TPSA) is 18.5 Å². The molecule has 0 N–H and O–H groups in total. The molecule has 0 aliphatic rings. The fourth-order valence-corrected chi connectivity index (χ4v) is 4.84. The minimum atomic E-state index is -0.248. The fraction of sp³-hybridized carbons (Fsp3) is 0.444. The number of ether oxygens (including phenoxy) is 2. The lowest BCUT2D eigenvalue weighted by Crippen LogP contribution is -2.22. The molecule has 202 valence electrons. The van der Waals surface area contributed by atoms with E-state index in [9.17, 15) is 0 Å². The van der Waals surface area contributed by atoms with E-state index in [-0.39, 0.29) is 22.0 Å². The molecule has 0 radical (unpaired) electrons. The maximum atomic E-state index is 6.25. The first-order valence-corrected chi connectivity index (χ1v) is 13.9. The van der Waals surface area contributed by atoms with Crippen molar-refractivity contribution in [3.05, 3.63) is 71.8 Å². The van der Waals surface area contributed by atoms with Crippen LogP contribution in [-0.2, 0) is 10.8 Å². The van der Waals surface area contributed by atoms with Crippen molar-refractivity contribution in [3.63, 3.8) is 0 Å². The highest BCUT2D eigenvalue weighted by molar-refractivity contribution is 6.06. The fourth-order valence-electron chi connectivity index (χ4n) is 4.84. The van der Waals surface area contributed by atoms with E-state index >= 15 is 0 Å². The van der Waals surface area contributed by atoms with Crippen molar-refractivity contribution >= 4 is 21.5 Å². The lowest BCUT2D eigenvalue weighted by Gasteiger charge is -2.26. The predicted molar refractivity (Wildman–Crippen MR) is 165 cm³/mol. The van der Waals surface area contributed by atoms with Gasteiger partial charge < -0.3 is 9.47 Å². The molecule has 0 saturated carbocycles. The Bertz CT molecular complexity index is 1360. The quantitative estimate of drug-likeness (QED) is 0.273. The van der Waals surface area contributed by atoms with Gasteiger partial charge in [0.15, 0.2) is 0 Å². The van der Waals surface area contributed by atoms with E-state index in [2.05, 4.69) is 144 Å². The Kier molecular flexibility index (Phi) is 6.88. The summed E-state index contributed by atoms with van der Waals surface area (Å²) in [4.78, 5) is 0. The zero-order valence-corrected chi connectivity index (χ0v) is 25.6. The van der Waals surface area contributed by atoms with Crippen LogP contribution in [0.4, 0.5) is 0 Å². The van der Waals surface area contributed by atoms with Gasteiger partial charge in [0.1, 0.15) is 22.7 Å². The molecule has 0 unspecified atom stereocenters. The van der Waals surface area contributed by atoms with E-state index in [1.165, 1.54) is 43.8 Å². The van der Waals surface area contributed by atoms with Gasteiger partial charge in [0.25, 0.3) is 0 Å². The first-order chi connectivity index (χ1) is 17.3. The van der Waals surface area contributed by atoms with Gasteiger partial charge in [-0.2, -0.15) is 0 Å². The summed E-state index contributed by atoms with van der Waals surface area (Å²) >= 11 is 0. The maximum absolute atomic E-state index is 6.25. The van der Waals surface area contributed by atoms with Gasteiger partial charge >= 0.3 is 0 Å². The lowest BCUT2D eigenvalue weighted by atomic mass is 9.80. The lowest BCUT2D eigenvalue weighted by molar-refractivity contribution is 0.130. The molecule has 0 fully saturated rings. The SMILES string of the molecule is CC(C)(C)Oc1ccc2c(-c3cc(C(C)(C)C)cc4cc(OC(C)(C)C)ccc34)cc(C(C)(C)C)cc2c1. The van der Waals surface area contributed by atoms with Gasteiger partial charge in [-0.25, -0.2) is 0 Å². The third-order valence-electron chi connectivity index (χ3n) is 6.72.